The van der Waals surface area contributed by atoms with E-state index in [4.69, 9.17) is 14.2 Å². The van der Waals surface area contributed by atoms with E-state index in [1.54, 1.807) is 17.2 Å². The lowest BCUT2D eigenvalue weighted by atomic mass is 10.0. The second-order valence-corrected chi connectivity index (χ2v) is 13.2. The predicted octanol–water partition coefficient (Wildman–Crippen LogP) is 4.88. The molecule has 12 nitrogen and oxygen atoms in total. The fourth-order valence-corrected chi connectivity index (χ4v) is 6.64. The van der Waals surface area contributed by atoms with Crippen LogP contribution in [-0.4, -0.2) is 74.6 Å². The number of aromatic nitrogens is 6. The maximum Gasteiger partial charge on any atom is 0.350 e. The number of nitrogens with zero attached hydrogens (tertiary/aromatic N) is 8. The highest BCUT2D eigenvalue weighted by atomic mass is 16.8. The summed E-state index contributed by atoms with van der Waals surface area (Å²) in [5.41, 5.74) is 5.14. The third-order valence-electron chi connectivity index (χ3n) is 9.66. The smallest absolute Gasteiger partial charge is 0.350 e. The highest BCUT2D eigenvalue weighted by Crippen LogP contribution is 2.37. The van der Waals surface area contributed by atoms with E-state index in [1.807, 2.05) is 35.9 Å². The van der Waals surface area contributed by atoms with Crippen LogP contribution in [0.3, 0.4) is 0 Å². The molecule has 4 heterocycles. The Morgan fingerprint density at radius 3 is 2.16 bits per heavy atom. The molecular weight excluding hydrogens is 632 g/mol. The molecule has 2 saturated heterocycles. The minimum atomic E-state index is -0.951. The molecule has 5 aromatic rings. The van der Waals surface area contributed by atoms with Crippen LogP contribution in [0.4, 0.5) is 11.4 Å². The van der Waals surface area contributed by atoms with Gasteiger partial charge in [0.15, 0.2) is 0 Å². The standard InChI is InChI=1S/C38H46N8O4/c1-4-5-6-19-45-28-40-46(37(45)47)33-13-11-31(12-14-33)43-20-22-44(23-21-43)32-15-17-34(18-16-32)48-25-35-26-49-38(50-35,24-36-41-39-27-42(36)3)30-9-7-29(2)8-10-30/h7-18,27-28,35H,4-6,19-26H2,1-3H3. The third-order valence-corrected chi connectivity index (χ3v) is 9.66. The van der Waals surface area contributed by atoms with Crippen LogP contribution in [0.25, 0.3) is 5.69 Å². The molecule has 0 aliphatic carbocycles. The molecule has 2 fully saturated rings. The van der Waals surface area contributed by atoms with Gasteiger partial charge < -0.3 is 28.6 Å². The van der Waals surface area contributed by atoms with Gasteiger partial charge in [0.25, 0.3) is 0 Å². The van der Waals surface area contributed by atoms with Gasteiger partial charge in [0, 0.05) is 56.7 Å². The molecule has 12 heteroatoms. The van der Waals surface area contributed by atoms with Crippen LogP contribution in [0.15, 0.2) is 90.2 Å². The van der Waals surface area contributed by atoms with Crippen LogP contribution in [-0.2, 0) is 35.3 Å². The SMILES string of the molecule is CCCCCn1cnn(-c2ccc(N3CCN(c4ccc(OCC5COC(Cc6nncn6C)(c6ccc(C)cc6)O5)cc4)CC3)cc2)c1=O. The Hall–Kier alpha value is -4.94. The van der Waals surface area contributed by atoms with Gasteiger partial charge in [0.2, 0.25) is 5.79 Å². The summed E-state index contributed by atoms with van der Waals surface area (Å²) >= 11 is 0. The van der Waals surface area contributed by atoms with Crippen LogP contribution in [0, 0.1) is 6.92 Å². The molecule has 0 N–H and O–H groups in total. The molecule has 2 aliphatic heterocycles. The molecule has 7 rings (SSSR count). The van der Waals surface area contributed by atoms with Crippen molar-refractivity contribution in [1.82, 2.24) is 29.1 Å². The summed E-state index contributed by atoms with van der Waals surface area (Å²) in [5, 5.41) is 12.7. The Bertz CT molecular complexity index is 1890. The molecular formula is C38H46N8O4. The number of anilines is 2. The average Bonchev–Trinajstić information content (AvgIpc) is 3.87. The molecule has 0 spiro atoms. The van der Waals surface area contributed by atoms with E-state index in [9.17, 15) is 4.79 Å². The monoisotopic (exact) mass is 678 g/mol. The van der Waals surface area contributed by atoms with Crippen molar-refractivity contribution < 1.29 is 14.2 Å². The van der Waals surface area contributed by atoms with E-state index in [0.717, 1.165) is 74.0 Å². The fourth-order valence-electron chi connectivity index (χ4n) is 6.64. The van der Waals surface area contributed by atoms with Crippen LogP contribution in [0.5, 0.6) is 5.75 Å². The van der Waals surface area contributed by atoms with Crippen molar-refractivity contribution in [3.63, 3.8) is 0 Å². The lowest BCUT2D eigenvalue weighted by molar-refractivity contribution is -0.179. The van der Waals surface area contributed by atoms with Gasteiger partial charge in [-0.2, -0.15) is 9.78 Å². The maximum absolute atomic E-state index is 12.8. The van der Waals surface area contributed by atoms with Crippen molar-refractivity contribution in [2.75, 3.05) is 49.2 Å². The van der Waals surface area contributed by atoms with Gasteiger partial charge in [-0.15, -0.1) is 10.2 Å². The molecule has 3 aromatic carbocycles. The number of aryl methyl sites for hydroxylation is 3. The summed E-state index contributed by atoms with van der Waals surface area (Å²) < 4.78 is 24.2. The maximum atomic E-state index is 12.8. The van der Waals surface area contributed by atoms with Gasteiger partial charge in [-0.05, 0) is 61.9 Å². The Balaban J connectivity index is 0.909. The third kappa shape index (κ3) is 7.31. The summed E-state index contributed by atoms with van der Waals surface area (Å²) in [6.45, 7) is 9.34. The topological polar surface area (TPSA) is 105 Å². The second kappa shape index (κ2) is 14.9. The molecule has 0 saturated carbocycles. The number of piperazine rings is 1. The van der Waals surface area contributed by atoms with Crippen molar-refractivity contribution in [3.8, 4) is 11.4 Å². The first-order valence-electron chi connectivity index (χ1n) is 17.6. The molecule has 2 aromatic heterocycles. The molecule has 0 amide bonds. The van der Waals surface area contributed by atoms with E-state index in [-0.39, 0.29) is 11.8 Å². The predicted molar refractivity (Wildman–Crippen MR) is 192 cm³/mol. The molecule has 50 heavy (non-hydrogen) atoms. The average molecular weight is 679 g/mol. The zero-order valence-electron chi connectivity index (χ0n) is 29.1. The Kier molecular flexibility index (Phi) is 9.99. The number of benzene rings is 3. The van der Waals surface area contributed by atoms with E-state index >= 15 is 0 Å². The zero-order valence-corrected chi connectivity index (χ0v) is 29.1. The summed E-state index contributed by atoms with van der Waals surface area (Å²) in [7, 11) is 1.92. The first-order valence-corrected chi connectivity index (χ1v) is 17.6. The summed E-state index contributed by atoms with van der Waals surface area (Å²) in [6.07, 6.45) is 6.76. The number of rotatable bonds is 13. The molecule has 0 radical (unpaired) electrons. The van der Waals surface area contributed by atoms with Crippen LogP contribution < -0.4 is 20.2 Å². The zero-order chi connectivity index (χ0) is 34.5. The van der Waals surface area contributed by atoms with Crippen molar-refractivity contribution >= 4 is 11.4 Å². The Morgan fingerprint density at radius 1 is 0.860 bits per heavy atom. The molecule has 2 unspecified atom stereocenters. The van der Waals surface area contributed by atoms with E-state index in [2.05, 4.69) is 87.5 Å². The molecule has 262 valence electrons. The number of hydrogen-bond donors (Lipinski definition) is 0. The van der Waals surface area contributed by atoms with Gasteiger partial charge in [-0.25, -0.2) is 4.79 Å². The van der Waals surface area contributed by atoms with Gasteiger partial charge >= 0.3 is 5.69 Å². The normalized spacial score (nSPS) is 19.3. The Labute approximate surface area is 292 Å². The minimum absolute atomic E-state index is 0.0885. The van der Waals surface area contributed by atoms with Crippen LogP contribution in [0.1, 0.15) is 43.1 Å². The highest BCUT2D eigenvalue weighted by molar-refractivity contribution is 5.54. The molecule has 2 atom stereocenters. The summed E-state index contributed by atoms with van der Waals surface area (Å²) in [4.78, 5) is 17.6. The number of hydrogen-bond acceptors (Lipinski definition) is 9. The molecule has 0 bridgehead atoms. The largest absolute Gasteiger partial charge is 0.491 e. The van der Waals surface area contributed by atoms with Gasteiger partial charge in [-0.1, -0.05) is 49.6 Å². The van der Waals surface area contributed by atoms with Gasteiger partial charge in [-0.3, -0.25) is 4.57 Å². The van der Waals surface area contributed by atoms with E-state index in [1.165, 1.54) is 15.9 Å². The summed E-state index contributed by atoms with van der Waals surface area (Å²) in [5.74, 6) is 0.631. The fraction of sp³-hybridized carbons (Fsp3) is 0.421. The minimum Gasteiger partial charge on any atom is -0.491 e. The van der Waals surface area contributed by atoms with Gasteiger partial charge in [0.1, 0.15) is 36.9 Å². The van der Waals surface area contributed by atoms with Gasteiger partial charge in [0.05, 0.1) is 18.7 Å². The quantitative estimate of drug-likeness (QED) is 0.161. The van der Waals surface area contributed by atoms with Crippen molar-refractivity contribution in [2.24, 2.45) is 7.05 Å². The lowest BCUT2D eigenvalue weighted by Gasteiger charge is -2.37. The van der Waals surface area contributed by atoms with Crippen LogP contribution in [0.2, 0.25) is 0 Å². The van der Waals surface area contributed by atoms with Crippen molar-refractivity contribution in [1.29, 1.82) is 0 Å². The first kappa shape index (κ1) is 33.6. The number of unbranched alkanes of at least 4 members (excludes halogenated alkanes) is 2. The van der Waals surface area contributed by atoms with E-state index in [0.29, 0.717) is 26.2 Å². The summed E-state index contributed by atoms with van der Waals surface area (Å²) in [6, 6.07) is 24.7. The highest BCUT2D eigenvalue weighted by Gasteiger charge is 2.44. The second-order valence-electron chi connectivity index (χ2n) is 13.2. The van der Waals surface area contributed by atoms with Crippen molar-refractivity contribution in [2.45, 2.75) is 58.0 Å². The van der Waals surface area contributed by atoms with Crippen LogP contribution >= 0.6 is 0 Å². The Morgan fingerprint density at radius 2 is 1.52 bits per heavy atom. The van der Waals surface area contributed by atoms with E-state index < -0.39 is 5.79 Å². The number of ether oxygens (including phenoxy) is 3. The first-order chi connectivity index (χ1) is 24.4. The molecule has 2 aliphatic rings. The van der Waals surface area contributed by atoms with Crippen molar-refractivity contribution in [3.05, 3.63) is 113 Å². The lowest BCUT2D eigenvalue weighted by Crippen LogP contribution is -2.46.